The van der Waals surface area contributed by atoms with Crippen LogP contribution in [0.5, 0.6) is 0 Å². The Morgan fingerprint density at radius 2 is 1.95 bits per heavy atom. The van der Waals surface area contributed by atoms with E-state index in [9.17, 15) is 0 Å². The average Bonchev–Trinajstić information content (AvgIpc) is 3.11. The molecule has 0 bridgehead atoms. The molecule has 1 aliphatic heterocycles. The van der Waals surface area contributed by atoms with Crippen LogP contribution in [0.15, 0.2) is 34.9 Å². The fourth-order valence-corrected chi connectivity index (χ4v) is 3.38. The summed E-state index contributed by atoms with van der Waals surface area (Å²) >= 11 is 0. The lowest BCUT2D eigenvalue weighted by Gasteiger charge is -2.25. The van der Waals surface area contributed by atoms with Crippen molar-refractivity contribution in [3.8, 4) is 0 Å². The van der Waals surface area contributed by atoms with Crippen molar-refractivity contribution in [3.05, 3.63) is 41.8 Å². The van der Waals surface area contributed by atoms with E-state index in [-0.39, 0.29) is 5.41 Å². The number of anilines is 1. The van der Waals surface area contributed by atoms with Gasteiger partial charge in [-0.1, -0.05) is 44.2 Å². The van der Waals surface area contributed by atoms with Crippen LogP contribution in [0.25, 0.3) is 0 Å². The first kappa shape index (κ1) is 12.9. The summed E-state index contributed by atoms with van der Waals surface area (Å²) in [5, 5.41) is 4.19. The number of rotatable bonds is 3. The van der Waals surface area contributed by atoms with Crippen molar-refractivity contribution in [2.24, 2.45) is 5.41 Å². The van der Waals surface area contributed by atoms with Gasteiger partial charge in [0.05, 0.1) is 0 Å². The van der Waals surface area contributed by atoms with Gasteiger partial charge in [-0.15, -0.1) is 0 Å². The number of hydrogen-bond acceptors (Lipinski definition) is 4. The third-order valence-corrected chi connectivity index (χ3v) is 4.79. The summed E-state index contributed by atoms with van der Waals surface area (Å²) in [7, 11) is 0. The molecule has 2 aromatic rings. The number of nitrogens with zero attached hydrogens (tertiary/aromatic N) is 3. The van der Waals surface area contributed by atoms with Gasteiger partial charge in [-0.2, -0.15) is 4.98 Å². The molecule has 1 atom stereocenters. The van der Waals surface area contributed by atoms with E-state index in [1.807, 2.05) is 0 Å². The second-order valence-corrected chi connectivity index (χ2v) is 7.04. The molecule has 1 unspecified atom stereocenters. The van der Waals surface area contributed by atoms with Gasteiger partial charge in [0.2, 0.25) is 5.89 Å². The lowest BCUT2D eigenvalue weighted by Crippen LogP contribution is -2.24. The van der Waals surface area contributed by atoms with Crippen LogP contribution in [-0.2, 0) is 0 Å². The summed E-state index contributed by atoms with van der Waals surface area (Å²) in [5.74, 6) is 2.61. The van der Waals surface area contributed by atoms with E-state index >= 15 is 0 Å². The maximum atomic E-state index is 5.41. The second-order valence-electron chi connectivity index (χ2n) is 7.04. The van der Waals surface area contributed by atoms with Crippen LogP contribution in [0.1, 0.15) is 50.0 Å². The van der Waals surface area contributed by atoms with Crippen LogP contribution in [0.3, 0.4) is 0 Å². The maximum Gasteiger partial charge on any atom is 0.266 e. The van der Waals surface area contributed by atoms with Gasteiger partial charge in [0.15, 0.2) is 0 Å². The zero-order chi connectivity index (χ0) is 14.4. The van der Waals surface area contributed by atoms with E-state index in [0.29, 0.717) is 11.8 Å². The monoisotopic (exact) mass is 283 g/mol. The van der Waals surface area contributed by atoms with E-state index in [2.05, 4.69) is 59.2 Å². The maximum absolute atomic E-state index is 5.41. The second kappa shape index (κ2) is 4.58. The van der Waals surface area contributed by atoms with Gasteiger partial charge in [0.25, 0.3) is 5.95 Å². The molecule has 4 nitrogen and oxygen atoms in total. The molecule has 1 saturated carbocycles. The van der Waals surface area contributed by atoms with Gasteiger partial charge in [-0.05, 0) is 29.0 Å². The van der Waals surface area contributed by atoms with Crippen LogP contribution in [0.2, 0.25) is 0 Å². The molecule has 2 heterocycles. The van der Waals surface area contributed by atoms with Gasteiger partial charge in [0.1, 0.15) is 0 Å². The topological polar surface area (TPSA) is 42.2 Å². The van der Waals surface area contributed by atoms with Crippen LogP contribution in [0, 0.1) is 5.41 Å². The van der Waals surface area contributed by atoms with Crippen LogP contribution in [0.4, 0.5) is 5.95 Å². The summed E-state index contributed by atoms with van der Waals surface area (Å²) in [6.07, 6.45) is 2.39. The Bertz CT molecular complexity index is 630. The van der Waals surface area contributed by atoms with E-state index in [4.69, 9.17) is 4.52 Å². The fourth-order valence-electron chi connectivity index (χ4n) is 3.38. The summed E-state index contributed by atoms with van der Waals surface area (Å²) in [5.41, 5.74) is 1.61. The molecule has 0 radical (unpaired) electrons. The summed E-state index contributed by atoms with van der Waals surface area (Å²) in [6.45, 7) is 6.58. The van der Waals surface area contributed by atoms with Gasteiger partial charge in [-0.25, -0.2) is 0 Å². The summed E-state index contributed by atoms with van der Waals surface area (Å²) < 4.78 is 5.41. The van der Waals surface area contributed by atoms with Crippen molar-refractivity contribution in [2.45, 2.75) is 38.5 Å². The molecule has 110 valence electrons. The molecule has 1 aliphatic carbocycles. The van der Waals surface area contributed by atoms with E-state index < -0.39 is 0 Å². The van der Waals surface area contributed by atoms with Gasteiger partial charge in [-0.3, -0.25) is 0 Å². The van der Waals surface area contributed by atoms with Crippen LogP contribution >= 0.6 is 0 Å². The highest BCUT2D eigenvalue weighted by atomic mass is 16.5. The fraction of sp³-hybridized carbons (Fsp3) is 0.529. The average molecular weight is 283 g/mol. The van der Waals surface area contributed by atoms with Crippen molar-refractivity contribution < 1.29 is 4.52 Å². The first-order valence-corrected chi connectivity index (χ1v) is 7.77. The molecule has 21 heavy (non-hydrogen) atoms. The number of aromatic nitrogens is 2. The highest BCUT2D eigenvalue weighted by Crippen LogP contribution is 2.44. The summed E-state index contributed by atoms with van der Waals surface area (Å²) in [4.78, 5) is 6.87. The molecule has 1 aromatic carbocycles. The Morgan fingerprint density at radius 3 is 2.67 bits per heavy atom. The largest absolute Gasteiger partial charge is 0.337 e. The number of benzene rings is 1. The van der Waals surface area contributed by atoms with E-state index in [0.717, 1.165) is 24.9 Å². The van der Waals surface area contributed by atoms with Gasteiger partial charge in [0, 0.05) is 24.9 Å². The van der Waals surface area contributed by atoms with Crippen molar-refractivity contribution in [1.29, 1.82) is 0 Å². The van der Waals surface area contributed by atoms with Crippen molar-refractivity contribution in [1.82, 2.24) is 10.1 Å². The lowest BCUT2D eigenvalue weighted by atomic mass is 9.78. The SMILES string of the molecule is CC1(C)CN(c2noc(C3CC3)n2)CC1c1ccccc1. The predicted molar refractivity (Wildman–Crippen MR) is 81.5 cm³/mol. The van der Waals surface area contributed by atoms with Crippen molar-refractivity contribution in [3.63, 3.8) is 0 Å². The Labute approximate surface area is 125 Å². The smallest absolute Gasteiger partial charge is 0.266 e. The minimum absolute atomic E-state index is 0.210. The molecule has 0 spiro atoms. The highest BCUT2D eigenvalue weighted by Gasteiger charge is 2.42. The Hall–Kier alpha value is -1.84. The zero-order valence-electron chi connectivity index (χ0n) is 12.6. The molecule has 1 saturated heterocycles. The molecule has 2 fully saturated rings. The molecule has 0 amide bonds. The Morgan fingerprint density at radius 1 is 1.19 bits per heavy atom. The standard InChI is InChI=1S/C17H21N3O/c1-17(2)11-20(10-14(17)12-6-4-3-5-7-12)16-18-15(21-19-16)13-8-9-13/h3-7,13-14H,8-11H2,1-2H3. The first-order chi connectivity index (χ1) is 10.1. The Kier molecular flexibility index (Phi) is 2.81. The van der Waals surface area contributed by atoms with Crippen molar-refractivity contribution >= 4 is 5.95 Å². The molecular weight excluding hydrogens is 262 g/mol. The zero-order valence-corrected chi connectivity index (χ0v) is 12.6. The third kappa shape index (κ3) is 2.33. The van der Waals surface area contributed by atoms with Gasteiger partial charge < -0.3 is 9.42 Å². The number of hydrogen-bond donors (Lipinski definition) is 0. The molecule has 4 heteroatoms. The quantitative estimate of drug-likeness (QED) is 0.863. The molecule has 1 aromatic heterocycles. The van der Waals surface area contributed by atoms with Crippen molar-refractivity contribution in [2.75, 3.05) is 18.0 Å². The minimum atomic E-state index is 0.210. The van der Waals surface area contributed by atoms with Crippen LogP contribution < -0.4 is 4.90 Å². The Balaban J connectivity index is 1.58. The molecule has 2 aliphatic rings. The molecule has 0 N–H and O–H groups in total. The van der Waals surface area contributed by atoms with Crippen LogP contribution in [-0.4, -0.2) is 23.2 Å². The first-order valence-electron chi connectivity index (χ1n) is 7.77. The third-order valence-electron chi connectivity index (χ3n) is 4.79. The van der Waals surface area contributed by atoms with Gasteiger partial charge >= 0.3 is 0 Å². The van der Waals surface area contributed by atoms with E-state index in [1.165, 1.54) is 18.4 Å². The highest BCUT2D eigenvalue weighted by molar-refractivity contribution is 5.37. The molecular formula is C17H21N3O. The normalized spacial score (nSPS) is 24.5. The lowest BCUT2D eigenvalue weighted by molar-refractivity contribution is 0.364. The summed E-state index contributed by atoms with van der Waals surface area (Å²) in [6, 6.07) is 10.8. The molecule has 4 rings (SSSR count). The van der Waals surface area contributed by atoms with E-state index in [1.54, 1.807) is 0 Å². The predicted octanol–water partition coefficient (Wildman–Crippen LogP) is 3.58. The minimum Gasteiger partial charge on any atom is -0.337 e.